The van der Waals surface area contributed by atoms with Crippen LogP contribution in [0.3, 0.4) is 0 Å². The van der Waals surface area contributed by atoms with E-state index in [1.165, 1.54) is 0 Å². The van der Waals surface area contributed by atoms with Gasteiger partial charge in [0.05, 0.1) is 0 Å². The number of nitrogens with one attached hydrogen (secondary N) is 1. The summed E-state index contributed by atoms with van der Waals surface area (Å²) >= 11 is 0. The van der Waals surface area contributed by atoms with Crippen molar-refractivity contribution in [2.24, 2.45) is 0 Å². The number of aromatic nitrogens is 3. The summed E-state index contributed by atoms with van der Waals surface area (Å²) in [5.41, 5.74) is 1.03. The van der Waals surface area contributed by atoms with Crippen LogP contribution in [0.5, 0.6) is 0 Å². The molecule has 1 N–H and O–H groups in total. The topological polar surface area (TPSA) is 69.0 Å². The average molecular weight is 322 g/mol. The molecule has 6 nitrogen and oxygen atoms in total. The molecule has 1 fully saturated rings. The maximum atomic E-state index is 12.2. The summed E-state index contributed by atoms with van der Waals surface area (Å²) < 4.78 is 7.42. The van der Waals surface area contributed by atoms with Crippen molar-refractivity contribution in [3.05, 3.63) is 48.7 Å². The summed E-state index contributed by atoms with van der Waals surface area (Å²) in [6, 6.07) is 8.00. The fourth-order valence-corrected chi connectivity index (χ4v) is 2.99. The number of anilines is 1. The Kier molecular flexibility index (Phi) is 3.74. The SMILES string of the molecule is Cc1nccn1-c1ccc2cnc(NC(=O)C3CCCO3)cc2c1. The van der Waals surface area contributed by atoms with E-state index in [2.05, 4.69) is 21.4 Å². The van der Waals surface area contributed by atoms with Gasteiger partial charge in [-0.25, -0.2) is 9.97 Å². The van der Waals surface area contributed by atoms with Gasteiger partial charge < -0.3 is 14.6 Å². The molecule has 1 atom stereocenters. The van der Waals surface area contributed by atoms with E-state index >= 15 is 0 Å². The molecule has 122 valence electrons. The fourth-order valence-electron chi connectivity index (χ4n) is 2.99. The second-order valence-electron chi connectivity index (χ2n) is 5.94. The second kappa shape index (κ2) is 6.05. The van der Waals surface area contributed by atoms with Crippen molar-refractivity contribution in [2.75, 3.05) is 11.9 Å². The van der Waals surface area contributed by atoms with Gasteiger partial charge in [0.1, 0.15) is 17.7 Å². The van der Waals surface area contributed by atoms with Crippen LogP contribution in [0.1, 0.15) is 18.7 Å². The van der Waals surface area contributed by atoms with Gasteiger partial charge in [-0.2, -0.15) is 0 Å². The number of hydrogen-bond acceptors (Lipinski definition) is 4. The number of pyridine rings is 1. The lowest BCUT2D eigenvalue weighted by atomic mass is 10.1. The number of hydrogen-bond donors (Lipinski definition) is 1. The molecule has 2 aromatic heterocycles. The zero-order valence-electron chi connectivity index (χ0n) is 13.4. The van der Waals surface area contributed by atoms with E-state index in [0.29, 0.717) is 12.4 Å². The smallest absolute Gasteiger partial charge is 0.254 e. The van der Waals surface area contributed by atoms with E-state index in [1.54, 1.807) is 12.4 Å². The number of nitrogens with zero attached hydrogens (tertiary/aromatic N) is 3. The van der Waals surface area contributed by atoms with Crippen LogP contribution < -0.4 is 5.32 Å². The molecule has 3 aromatic rings. The predicted molar refractivity (Wildman–Crippen MR) is 91.2 cm³/mol. The minimum Gasteiger partial charge on any atom is -0.368 e. The van der Waals surface area contributed by atoms with Gasteiger partial charge in [0.15, 0.2) is 0 Å². The van der Waals surface area contributed by atoms with E-state index in [4.69, 9.17) is 4.74 Å². The first-order chi connectivity index (χ1) is 11.7. The summed E-state index contributed by atoms with van der Waals surface area (Å²) in [6.45, 7) is 2.61. The lowest BCUT2D eigenvalue weighted by Gasteiger charge is -2.11. The Hall–Kier alpha value is -2.73. The monoisotopic (exact) mass is 322 g/mol. The minimum atomic E-state index is -0.359. The Bertz CT molecular complexity index is 897. The molecule has 3 heterocycles. The number of aryl methyl sites for hydroxylation is 1. The van der Waals surface area contributed by atoms with Gasteiger partial charge >= 0.3 is 0 Å². The zero-order valence-corrected chi connectivity index (χ0v) is 13.4. The van der Waals surface area contributed by atoms with E-state index in [1.807, 2.05) is 35.9 Å². The highest BCUT2D eigenvalue weighted by molar-refractivity contribution is 5.95. The second-order valence-corrected chi connectivity index (χ2v) is 5.94. The summed E-state index contributed by atoms with van der Waals surface area (Å²) in [5, 5.41) is 4.88. The first kappa shape index (κ1) is 14.8. The lowest BCUT2D eigenvalue weighted by molar-refractivity contribution is -0.124. The third kappa shape index (κ3) is 2.76. The van der Waals surface area contributed by atoms with E-state index in [9.17, 15) is 4.79 Å². The molecule has 0 saturated carbocycles. The normalized spacial score (nSPS) is 17.3. The van der Waals surface area contributed by atoms with Gasteiger partial charge in [-0.15, -0.1) is 0 Å². The van der Waals surface area contributed by atoms with E-state index in [-0.39, 0.29) is 12.0 Å². The van der Waals surface area contributed by atoms with Crippen molar-refractivity contribution in [1.29, 1.82) is 0 Å². The van der Waals surface area contributed by atoms with Gasteiger partial charge in [0, 0.05) is 36.3 Å². The molecule has 1 unspecified atom stereocenters. The molecule has 1 aliphatic heterocycles. The highest BCUT2D eigenvalue weighted by Gasteiger charge is 2.23. The number of benzene rings is 1. The molecule has 6 heteroatoms. The summed E-state index contributed by atoms with van der Waals surface area (Å²) in [4.78, 5) is 20.7. The maximum absolute atomic E-state index is 12.2. The Morgan fingerprint density at radius 2 is 2.21 bits per heavy atom. The Balaban J connectivity index is 1.64. The van der Waals surface area contributed by atoms with Crippen LogP contribution in [-0.4, -0.2) is 33.2 Å². The van der Waals surface area contributed by atoms with Crippen molar-refractivity contribution in [1.82, 2.24) is 14.5 Å². The van der Waals surface area contributed by atoms with Gasteiger partial charge in [0.25, 0.3) is 5.91 Å². The summed E-state index contributed by atoms with van der Waals surface area (Å²) in [6.07, 6.45) is 6.81. The highest BCUT2D eigenvalue weighted by atomic mass is 16.5. The van der Waals surface area contributed by atoms with Crippen molar-refractivity contribution in [2.45, 2.75) is 25.9 Å². The van der Waals surface area contributed by atoms with Crippen molar-refractivity contribution >= 4 is 22.5 Å². The predicted octanol–water partition coefficient (Wildman–Crippen LogP) is 2.85. The van der Waals surface area contributed by atoms with Gasteiger partial charge in [0.2, 0.25) is 0 Å². The van der Waals surface area contributed by atoms with Crippen molar-refractivity contribution in [3.63, 3.8) is 0 Å². The Morgan fingerprint density at radius 1 is 1.29 bits per heavy atom. The number of amides is 1. The highest BCUT2D eigenvalue weighted by Crippen LogP contribution is 2.22. The first-order valence-electron chi connectivity index (χ1n) is 8.03. The molecule has 0 aliphatic carbocycles. The fraction of sp³-hybridized carbons (Fsp3) is 0.278. The standard InChI is InChI=1S/C18H18N4O2/c1-12-19-6-7-22(12)15-5-4-13-11-20-17(10-14(13)9-15)21-18(23)16-3-2-8-24-16/h4-7,9-11,16H,2-3,8H2,1H3,(H,20,21,23). The number of imidazole rings is 1. The molecular weight excluding hydrogens is 304 g/mol. The van der Waals surface area contributed by atoms with Crippen molar-refractivity contribution < 1.29 is 9.53 Å². The van der Waals surface area contributed by atoms with Crippen LogP contribution in [0, 0.1) is 6.92 Å². The molecule has 0 bridgehead atoms. The van der Waals surface area contributed by atoms with E-state index < -0.39 is 0 Å². The van der Waals surface area contributed by atoms with Crippen LogP contribution in [0.2, 0.25) is 0 Å². The first-order valence-corrected chi connectivity index (χ1v) is 8.03. The number of carbonyl (C=O) groups is 1. The van der Waals surface area contributed by atoms with Crippen LogP contribution >= 0.6 is 0 Å². The summed E-state index contributed by atoms with van der Waals surface area (Å²) in [7, 11) is 0. The number of fused-ring (bicyclic) bond motifs is 1. The molecular formula is C18H18N4O2. The minimum absolute atomic E-state index is 0.124. The van der Waals surface area contributed by atoms with Gasteiger partial charge in [-0.3, -0.25) is 4.79 Å². The molecule has 1 aromatic carbocycles. The van der Waals surface area contributed by atoms with Crippen LogP contribution in [0.25, 0.3) is 16.5 Å². The van der Waals surface area contributed by atoms with Crippen LogP contribution in [0.4, 0.5) is 5.82 Å². The third-order valence-corrected chi connectivity index (χ3v) is 4.28. The molecule has 1 amide bonds. The van der Waals surface area contributed by atoms with Gasteiger partial charge in [-0.1, -0.05) is 6.07 Å². The van der Waals surface area contributed by atoms with Crippen molar-refractivity contribution in [3.8, 4) is 5.69 Å². The van der Waals surface area contributed by atoms with Crippen LogP contribution in [0.15, 0.2) is 42.9 Å². The average Bonchev–Trinajstić information content (AvgIpc) is 3.25. The number of carbonyl (C=O) groups excluding carboxylic acids is 1. The molecule has 1 saturated heterocycles. The Morgan fingerprint density at radius 3 is 2.96 bits per heavy atom. The molecule has 1 aliphatic rings. The van der Waals surface area contributed by atoms with Gasteiger partial charge in [-0.05, 0) is 43.4 Å². The quantitative estimate of drug-likeness (QED) is 0.805. The lowest BCUT2D eigenvalue weighted by Crippen LogP contribution is -2.27. The largest absolute Gasteiger partial charge is 0.368 e. The van der Waals surface area contributed by atoms with Crippen LogP contribution in [-0.2, 0) is 9.53 Å². The zero-order chi connectivity index (χ0) is 16.5. The molecule has 4 rings (SSSR count). The third-order valence-electron chi connectivity index (χ3n) is 4.28. The molecule has 24 heavy (non-hydrogen) atoms. The number of rotatable bonds is 3. The molecule has 0 spiro atoms. The Labute approximate surface area is 139 Å². The molecule has 0 radical (unpaired) electrons. The number of ether oxygens (including phenoxy) is 1. The summed E-state index contributed by atoms with van der Waals surface area (Å²) in [5.74, 6) is 1.35. The van der Waals surface area contributed by atoms with E-state index in [0.717, 1.165) is 35.1 Å². The maximum Gasteiger partial charge on any atom is 0.254 e.